The summed E-state index contributed by atoms with van der Waals surface area (Å²) in [6.45, 7) is -1.14. The van der Waals surface area contributed by atoms with Gasteiger partial charge in [-0.05, 0) is 12.1 Å². The van der Waals surface area contributed by atoms with E-state index in [1.807, 2.05) is 0 Å². The molecule has 0 aromatic carbocycles. The molecule has 0 radical (unpaired) electrons. The average Bonchev–Trinajstić information content (AvgIpc) is 2.60. The van der Waals surface area contributed by atoms with Gasteiger partial charge in [0, 0.05) is 6.20 Å². The van der Waals surface area contributed by atoms with Crippen LogP contribution >= 0.6 is 0 Å². The first-order valence-electron chi connectivity index (χ1n) is 4.16. The number of nitrogens with one attached hydrogen (secondary N) is 1. The highest BCUT2D eigenvalue weighted by Crippen LogP contribution is 2.14. The molecule has 2 heterocycles. The molecule has 0 atom stereocenters. The maximum absolute atomic E-state index is 11.9. The molecule has 0 fully saturated rings. The van der Waals surface area contributed by atoms with Gasteiger partial charge in [-0.25, -0.2) is 9.50 Å². The van der Waals surface area contributed by atoms with Crippen molar-refractivity contribution in [1.29, 1.82) is 0 Å². The number of halogens is 3. The van der Waals surface area contributed by atoms with Crippen molar-refractivity contribution in [2.75, 3.05) is 11.9 Å². The van der Waals surface area contributed by atoms with Crippen LogP contribution < -0.4 is 5.32 Å². The Bertz CT molecular complexity index is 462. The number of hydrogen-bond donors (Lipinski definition) is 1. The topological polar surface area (TPSA) is 42.2 Å². The summed E-state index contributed by atoms with van der Waals surface area (Å²) >= 11 is 0. The molecule has 0 aliphatic carbocycles. The van der Waals surface area contributed by atoms with Crippen molar-refractivity contribution in [1.82, 2.24) is 14.6 Å². The largest absolute Gasteiger partial charge is 0.405 e. The highest BCUT2D eigenvalue weighted by molar-refractivity contribution is 5.45. The van der Waals surface area contributed by atoms with Crippen LogP contribution in [0.4, 0.5) is 19.1 Å². The molecule has 1 N–H and O–H groups in total. The van der Waals surface area contributed by atoms with Crippen LogP contribution in [0, 0.1) is 0 Å². The summed E-state index contributed by atoms with van der Waals surface area (Å²) in [5, 5.41) is 5.93. The first-order chi connectivity index (χ1) is 7.04. The number of rotatable bonds is 2. The lowest BCUT2D eigenvalue weighted by molar-refractivity contribution is -0.115. The van der Waals surface area contributed by atoms with Gasteiger partial charge in [0.05, 0.1) is 11.7 Å². The zero-order valence-electron chi connectivity index (χ0n) is 7.49. The quantitative estimate of drug-likeness (QED) is 0.830. The lowest BCUT2D eigenvalue weighted by Gasteiger charge is -2.07. The van der Waals surface area contributed by atoms with Crippen molar-refractivity contribution in [3.63, 3.8) is 0 Å². The smallest absolute Gasteiger partial charge is 0.344 e. The summed E-state index contributed by atoms with van der Waals surface area (Å²) in [5.41, 5.74) is 0.729. The van der Waals surface area contributed by atoms with Crippen LogP contribution in [0.3, 0.4) is 0 Å². The van der Waals surface area contributed by atoms with Crippen molar-refractivity contribution in [3.05, 3.63) is 24.5 Å². The molecule has 80 valence electrons. The van der Waals surface area contributed by atoms with E-state index in [9.17, 15) is 13.2 Å². The van der Waals surface area contributed by atoms with Gasteiger partial charge in [-0.2, -0.15) is 13.2 Å². The fourth-order valence-corrected chi connectivity index (χ4v) is 1.09. The molecule has 2 rings (SSSR count). The maximum atomic E-state index is 11.9. The van der Waals surface area contributed by atoms with Gasteiger partial charge in [-0.3, -0.25) is 0 Å². The lowest BCUT2D eigenvalue weighted by atomic mass is 10.5. The number of nitrogens with zero attached hydrogens (tertiary/aromatic N) is 3. The molecule has 0 amide bonds. The number of aromatic nitrogens is 3. The molecular weight excluding hydrogens is 209 g/mol. The monoisotopic (exact) mass is 216 g/mol. The number of anilines is 1. The van der Waals surface area contributed by atoms with Crippen LogP contribution in [0.25, 0.3) is 5.52 Å². The zero-order chi connectivity index (χ0) is 10.9. The molecule has 2 aromatic heterocycles. The number of fused-ring (bicyclic) bond motifs is 1. The third kappa shape index (κ3) is 2.36. The van der Waals surface area contributed by atoms with Crippen LogP contribution in [0.15, 0.2) is 24.5 Å². The standard InChI is InChI=1S/C8H7F3N4/c9-8(10,11)5-13-7-12-4-6-2-1-3-15(6)14-7/h1-4H,5H2,(H,13,14). The molecular formula is C8H7F3N4. The maximum Gasteiger partial charge on any atom is 0.405 e. The predicted octanol–water partition coefficient (Wildman–Crippen LogP) is 1.70. The fraction of sp³-hybridized carbons (Fsp3) is 0.250. The van der Waals surface area contributed by atoms with E-state index in [1.165, 1.54) is 10.7 Å². The summed E-state index contributed by atoms with van der Waals surface area (Å²) in [4.78, 5) is 3.74. The normalized spacial score (nSPS) is 11.9. The van der Waals surface area contributed by atoms with Crippen LogP contribution in [0.1, 0.15) is 0 Å². The third-order valence-corrected chi connectivity index (χ3v) is 1.73. The Morgan fingerprint density at radius 2 is 2.20 bits per heavy atom. The summed E-state index contributed by atoms with van der Waals surface area (Å²) in [5.74, 6) is -0.0453. The minimum absolute atomic E-state index is 0.0453. The predicted molar refractivity (Wildman–Crippen MR) is 47.5 cm³/mol. The van der Waals surface area contributed by atoms with Crippen molar-refractivity contribution in [2.24, 2.45) is 0 Å². The molecule has 0 bridgehead atoms. The second-order valence-corrected chi connectivity index (χ2v) is 2.93. The molecule has 0 unspecified atom stereocenters. The summed E-state index contributed by atoms with van der Waals surface area (Å²) in [6.07, 6.45) is -1.18. The molecule has 2 aromatic rings. The van der Waals surface area contributed by atoms with Crippen LogP contribution in [-0.4, -0.2) is 27.3 Å². The first kappa shape index (κ1) is 9.75. The highest BCUT2D eigenvalue weighted by atomic mass is 19.4. The Morgan fingerprint density at radius 1 is 1.40 bits per heavy atom. The number of alkyl halides is 3. The van der Waals surface area contributed by atoms with Gasteiger partial charge in [-0.15, -0.1) is 5.10 Å². The molecule has 0 saturated carbocycles. The van der Waals surface area contributed by atoms with Gasteiger partial charge < -0.3 is 5.32 Å². The van der Waals surface area contributed by atoms with E-state index in [2.05, 4.69) is 15.4 Å². The van der Waals surface area contributed by atoms with Gasteiger partial charge >= 0.3 is 6.18 Å². The highest BCUT2D eigenvalue weighted by Gasteiger charge is 2.27. The van der Waals surface area contributed by atoms with Crippen LogP contribution in [-0.2, 0) is 0 Å². The molecule has 0 aliphatic rings. The summed E-state index contributed by atoms with van der Waals surface area (Å²) in [6, 6.07) is 3.49. The van der Waals surface area contributed by atoms with Gasteiger partial charge in [0.2, 0.25) is 5.95 Å². The number of hydrogen-bond acceptors (Lipinski definition) is 3. The van der Waals surface area contributed by atoms with Gasteiger partial charge in [0.1, 0.15) is 6.54 Å². The molecule has 0 aliphatic heterocycles. The van der Waals surface area contributed by atoms with E-state index in [1.54, 1.807) is 18.3 Å². The van der Waals surface area contributed by atoms with E-state index in [0.29, 0.717) is 0 Å². The van der Waals surface area contributed by atoms with E-state index in [-0.39, 0.29) is 5.95 Å². The van der Waals surface area contributed by atoms with Gasteiger partial charge in [0.25, 0.3) is 0 Å². The SMILES string of the molecule is FC(F)(F)CNc1ncc2cccn2n1. The van der Waals surface area contributed by atoms with Gasteiger partial charge in [-0.1, -0.05) is 0 Å². The Kier molecular flexibility index (Phi) is 2.22. The molecule has 7 heteroatoms. The Morgan fingerprint density at radius 3 is 2.93 bits per heavy atom. The second kappa shape index (κ2) is 3.41. The first-order valence-corrected chi connectivity index (χ1v) is 4.16. The van der Waals surface area contributed by atoms with Crippen LogP contribution in [0.2, 0.25) is 0 Å². The third-order valence-electron chi connectivity index (χ3n) is 1.73. The van der Waals surface area contributed by atoms with E-state index in [0.717, 1.165) is 5.52 Å². The molecule has 4 nitrogen and oxygen atoms in total. The van der Waals surface area contributed by atoms with Crippen molar-refractivity contribution in [2.45, 2.75) is 6.18 Å². The van der Waals surface area contributed by atoms with Crippen molar-refractivity contribution < 1.29 is 13.2 Å². The van der Waals surface area contributed by atoms with E-state index < -0.39 is 12.7 Å². The minimum Gasteiger partial charge on any atom is -0.344 e. The van der Waals surface area contributed by atoms with E-state index in [4.69, 9.17) is 0 Å². The molecule has 0 saturated heterocycles. The lowest BCUT2D eigenvalue weighted by Crippen LogP contribution is -2.22. The Hall–Kier alpha value is -1.79. The average molecular weight is 216 g/mol. The van der Waals surface area contributed by atoms with Crippen LogP contribution in [0.5, 0.6) is 0 Å². The fourth-order valence-electron chi connectivity index (χ4n) is 1.09. The minimum atomic E-state index is -4.27. The Balaban J connectivity index is 2.15. The van der Waals surface area contributed by atoms with E-state index >= 15 is 0 Å². The molecule has 15 heavy (non-hydrogen) atoms. The zero-order valence-corrected chi connectivity index (χ0v) is 7.49. The van der Waals surface area contributed by atoms with Crippen molar-refractivity contribution >= 4 is 11.5 Å². The summed E-state index contributed by atoms with van der Waals surface area (Å²) < 4.78 is 37.1. The summed E-state index contributed by atoms with van der Waals surface area (Å²) in [7, 11) is 0. The Labute approximate surface area is 82.7 Å². The van der Waals surface area contributed by atoms with Gasteiger partial charge in [0.15, 0.2) is 0 Å². The van der Waals surface area contributed by atoms with Crippen molar-refractivity contribution in [3.8, 4) is 0 Å². The molecule has 0 spiro atoms. The second-order valence-electron chi connectivity index (χ2n) is 2.93.